The van der Waals surface area contributed by atoms with Crippen LogP contribution in [0.1, 0.15) is 29.1 Å². The molecule has 2 fully saturated rings. The molecule has 2 aliphatic rings. The lowest BCUT2D eigenvalue weighted by Crippen LogP contribution is -2.59. The van der Waals surface area contributed by atoms with Crippen LogP contribution >= 0.6 is 11.3 Å². The number of pyridine rings is 1. The zero-order chi connectivity index (χ0) is 17.1. The lowest BCUT2D eigenvalue weighted by molar-refractivity contribution is -0.142. The highest BCUT2D eigenvalue weighted by molar-refractivity contribution is 7.09. The Balaban J connectivity index is 1.39. The minimum Gasteiger partial charge on any atom is -0.371 e. The normalized spacial score (nSPS) is 25.5. The fourth-order valence-corrected chi connectivity index (χ4v) is 4.69. The molecule has 5 nitrogen and oxygen atoms in total. The predicted octanol–water partition coefficient (Wildman–Crippen LogP) is 2.71. The van der Waals surface area contributed by atoms with E-state index in [-0.39, 0.29) is 5.60 Å². The maximum absolute atomic E-state index is 6.33. The van der Waals surface area contributed by atoms with Crippen LogP contribution in [0.5, 0.6) is 0 Å². The molecule has 0 radical (unpaired) electrons. The van der Waals surface area contributed by atoms with E-state index in [0.717, 1.165) is 57.3 Å². The second-order valence-electron chi connectivity index (χ2n) is 7.27. The molecule has 0 saturated carbocycles. The van der Waals surface area contributed by atoms with Crippen LogP contribution in [0, 0.1) is 6.92 Å². The molecule has 2 aromatic heterocycles. The number of morpholine rings is 1. The number of nitrogens with zero attached hydrogens (tertiary/aromatic N) is 4. The molecule has 0 aromatic carbocycles. The summed E-state index contributed by atoms with van der Waals surface area (Å²) in [5.41, 5.74) is 2.51. The third kappa shape index (κ3) is 4.26. The number of hydrogen-bond donors (Lipinski definition) is 0. The van der Waals surface area contributed by atoms with Crippen LogP contribution in [0.4, 0.5) is 0 Å². The van der Waals surface area contributed by atoms with Crippen molar-refractivity contribution in [2.75, 3.05) is 32.8 Å². The van der Waals surface area contributed by atoms with Crippen LogP contribution in [-0.4, -0.2) is 58.2 Å². The van der Waals surface area contributed by atoms with Crippen molar-refractivity contribution < 1.29 is 4.74 Å². The molecule has 2 aliphatic heterocycles. The fourth-order valence-electron chi connectivity index (χ4n) is 4.09. The molecule has 4 rings (SSSR count). The molecule has 6 heteroatoms. The first-order valence-corrected chi connectivity index (χ1v) is 9.97. The van der Waals surface area contributed by atoms with Gasteiger partial charge in [0.15, 0.2) is 0 Å². The third-order valence-electron chi connectivity index (χ3n) is 5.15. The Kier molecular flexibility index (Phi) is 5.12. The van der Waals surface area contributed by atoms with Crippen LogP contribution in [0.2, 0.25) is 0 Å². The highest BCUT2D eigenvalue weighted by Gasteiger charge is 2.40. The van der Waals surface area contributed by atoms with Gasteiger partial charge in [-0.2, -0.15) is 0 Å². The largest absolute Gasteiger partial charge is 0.371 e. The van der Waals surface area contributed by atoms with E-state index >= 15 is 0 Å². The molecule has 134 valence electrons. The van der Waals surface area contributed by atoms with Gasteiger partial charge in [0.1, 0.15) is 0 Å². The molecule has 0 amide bonds. The Hall–Kier alpha value is -1.34. The summed E-state index contributed by atoms with van der Waals surface area (Å²) in [7, 11) is 0. The number of aromatic nitrogens is 2. The smallest absolute Gasteiger partial charge is 0.0936 e. The SMILES string of the molecule is Cc1nc(CN2CCCC3(CN(Cc4ccncc4)CCO3)C2)cs1. The quantitative estimate of drug-likeness (QED) is 0.841. The molecule has 0 N–H and O–H groups in total. The first-order chi connectivity index (χ1) is 12.2. The van der Waals surface area contributed by atoms with Gasteiger partial charge in [-0.25, -0.2) is 4.98 Å². The zero-order valence-electron chi connectivity index (χ0n) is 14.9. The number of thiazole rings is 1. The summed E-state index contributed by atoms with van der Waals surface area (Å²) in [6.45, 7) is 9.01. The van der Waals surface area contributed by atoms with Crippen molar-refractivity contribution >= 4 is 11.3 Å². The fraction of sp³-hybridized carbons (Fsp3) is 0.579. The second kappa shape index (κ2) is 7.50. The van der Waals surface area contributed by atoms with Crippen molar-refractivity contribution in [1.29, 1.82) is 0 Å². The van der Waals surface area contributed by atoms with E-state index < -0.39 is 0 Å². The summed E-state index contributed by atoms with van der Waals surface area (Å²) in [6.07, 6.45) is 6.12. The lowest BCUT2D eigenvalue weighted by atomic mass is 9.90. The molecule has 1 unspecified atom stereocenters. The van der Waals surface area contributed by atoms with Crippen molar-refractivity contribution in [3.8, 4) is 0 Å². The average Bonchev–Trinajstić information content (AvgIpc) is 3.01. The number of rotatable bonds is 4. The van der Waals surface area contributed by atoms with Crippen molar-refractivity contribution in [3.05, 3.63) is 46.2 Å². The molecule has 25 heavy (non-hydrogen) atoms. The van der Waals surface area contributed by atoms with Crippen molar-refractivity contribution in [1.82, 2.24) is 19.8 Å². The molecule has 4 heterocycles. The Morgan fingerprint density at radius 2 is 1.96 bits per heavy atom. The van der Waals surface area contributed by atoms with Crippen LogP contribution in [0.3, 0.4) is 0 Å². The van der Waals surface area contributed by atoms with E-state index in [4.69, 9.17) is 4.74 Å². The molecule has 1 atom stereocenters. The van der Waals surface area contributed by atoms with Crippen LogP contribution in [0.15, 0.2) is 29.9 Å². The topological polar surface area (TPSA) is 41.5 Å². The standard InChI is InChI=1S/C19H26N4OS/c1-16-21-18(13-25-16)12-22-8-2-5-19(14-22)15-23(9-10-24-19)11-17-3-6-20-7-4-17/h3-4,6-7,13H,2,5,8-12,14-15H2,1H3. The summed E-state index contributed by atoms with van der Waals surface area (Å²) in [4.78, 5) is 13.8. The van der Waals surface area contributed by atoms with E-state index in [1.165, 1.54) is 17.7 Å². The summed E-state index contributed by atoms with van der Waals surface area (Å²) in [5.74, 6) is 0. The maximum atomic E-state index is 6.33. The van der Waals surface area contributed by atoms with Gasteiger partial charge in [0.05, 0.1) is 22.9 Å². The Bertz CT molecular complexity index is 688. The van der Waals surface area contributed by atoms with Crippen LogP contribution < -0.4 is 0 Å². The van der Waals surface area contributed by atoms with E-state index in [0.29, 0.717) is 0 Å². The Morgan fingerprint density at radius 3 is 2.72 bits per heavy atom. The van der Waals surface area contributed by atoms with Gasteiger partial charge in [0.25, 0.3) is 0 Å². The van der Waals surface area contributed by atoms with Crippen molar-refractivity contribution in [2.45, 2.75) is 38.5 Å². The number of ether oxygens (including phenoxy) is 1. The Morgan fingerprint density at radius 1 is 1.16 bits per heavy atom. The summed E-state index contributed by atoms with van der Waals surface area (Å²) in [5, 5.41) is 3.34. The van der Waals surface area contributed by atoms with Crippen LogP contribution in [0.25, 0.3) is 0 Å². The Labute approximate surface area is 153 Å². The third-order valence-corrected chi connectivity index (χ3v) is 5.98. The van der Waals surface area contributed by atoms with Gasteiger partial charge in [0, 0.05) is 50.5 Å². The highest BCUT2D eigenvalue weighted by atomic mass is 32.1. The monoisotopic (exact) mass is 358 g/mol. The van der Waals surface area contributed by atoms with Crippen molar-refractivity contribution in [3.63, 3.8) is 0 Å². The molecule has 2 aromatic rings. The second-order valence-corrected chi connectivity index (χ2v) is 8.33. The van der Waals surface area contributed by atoms with Gasteiger partial charge in [-0.15, -0.1) is 11.3 Å². The molecule has 0 bridgehead atoms. The van der Waals surface area contributed by atoms with Gasteiger partial charge < -0.3 is 4.74 Å². The zero-order valence-corrected chi connectivity index (χ0v) is 15.7. The van der Waals surface area contributed by atoms with Gasteiger partial charge in [0.2, 0.25) is 0 Å². The van der Waals surface area contributed by atoms with E-state index in [1.807, 2.05) is 12.4 Å². The summed E-state index contributed by atoms with van der Waals surface area (Å²) >= 11 is 1.74. The van der Waals surface area contributed by atoms with Crippen LogP contribution in [-0.2, 0) is 17.8 Å². The molecule has 2 saturated heterocycles. The average molecular weight is 359 g/mol. The predicted molar refractivity (Wildman–Crippen MR) is 99.6 cm³/mol. The summed E-state index contributed by atoms with van der Waals surface area (Å²) < 4.78 is 6.33. The molecule has 1 spiro atoms. The first kappa shape index (κ1) is 17.1. The van der Waals surface area contributed by atoms with E-state index in [1.54, 1.807) is 11.3 Å². The van der Waals surface area contributed by atoms with Gasteiger partial charge >= 0.3 is 0 Å². The molecule has 0 aliphatic carbocycles. The summed E-state index contributed by atoms with van der Waals surface area (Å²) in [6, 6.07) is 4.22. The first-order valence-electron chi connectivity index (χ1n) is 9.09. The highest BCUT2D eigenvalue weighted by Crippen LogP contribution is 2.30. The van der Waals surface area contributed by atoms with Gasteiger partial charge in [-0.1, -0.05) is 0 Å². The van der Waals surface area contributed by atoms with Gasteiger partial charge in [-0.3, -0.25) is 14.8 Å². The van der Waals surface area contributed by atoms with Gasteiger partial charge in [-0.05, 0) is 44.0 Å². The number of likely N-dealkylation sites (tertiary alicyclic amines) is 1. The maximum Gasteiger partial charge on any atom is 0.0936 e. The molecular formula is C19H26N4OS. The lowest BCUT2D eigenvalue weighted by Gasteiger charge is -2.48. The van der Waals surface area contributed by atoms with Crippen molar-refractivity contribution in [2.24, 2.45) is 0 Å². The van der Waals surface area contributed by atoms with E-state index in [9.17, 15) is 0 Å². The number of aryl methyl sites for hydroxylation is 1. The number of piperidine rings is 1. The van der Waals surface area contributed by atoms with E-state index in [2.05, 4.69) is 44.2 Å². The minimum absolute atomic E-state index is 0.0192. The minimum atomic E-state index is -0.0192. The number of hydrogen-bond acceptors (Lipinski definition) is 6. The molecular weight excluding hydrogens is 332 g/mol.